The summed E-state index contributed by atoms with van der Waals surface area (Å²) in [6.45, 7) is 4.69. The third-order valence-corrected chi connectivity index (χ3v) is 3.12. The summed E-state index contributed by atoms with van der Waals surface area (Å²) >= 11 is 0. The Bertz CT molecular complexity index is 343. The van der Waals surface area contributed by atoms with Gasteiger partial charge >= 0.3 is 0 Å². The van der Waals surface area contributed by atoms with Crippen molar-refractivity contribution in [3.8, 4) is 0 Å². The van der Waals surface area contributed by atoms with Crippen molar-refractivity contribution in [1.82, 2.24) is 5.32 Å². The Kier molecular flexibility index (Phi) is 8.42. The van der Waals surface area contributed by atoms with Crippen LogP contribution in [-0.4, -0.2) is 18.5 Å². The average molecular weight is 271 g/mol. The van der Waals surface area contributed by atoms with Gasteiger partial charge in [0.1, 0.15) is 0 Å². The van der Waals surface area contributed by atoms with Crippen molar-refractivity contribution < 1.29 is 4.79 Å². The van der Waals surface area contributed by atoms with Crippen molar-refractivity contribution in [2.75, 3.05) is 6.54 Å². The molecular formula is C14H23ClN2O. The Labute approximate surface area is 116 Å². The predicted molar refractivity (Wildman–Crippen MR) is 77.8 cm³/mol. The largest absolute Gasteiger partial charge is 0.354 e. The minimum Gasteiger partial charge on any atom is -0.354 e. The van der Waals surface area contributed by atoms with Crippen molar-refractivity contribution in [3.05, 3.63) is 35.9 Å². The second kappa shape index (κ2) is 8.95. The lowest BCUT2D eigenvalue weighted by Crippen LogP contribution is -2.45. The van der Waals surface area contributed by atoms with Gasteiger partial charge in [-0.15, -0.1) is 12.4 Å². The van der Waals surface area contributed by atoms with E-state index in [0.29, 0.717) is 6.54 Å². The summed E-state index contributed by atoms with van der Waals surface area (Å²) < 4.78 is 0. The first-order chi connectivity index (χ1) is 8.15. The van der Waals surface area contributed by atoms with Crippen LogP contribution in [-0.2, 0) is 11.2 Å². The van der Waals surface area contributed by atoms with Crippen molar-refractivity contribution >= 4 is 18.3 Å². The molecule has 0 aliphatic carbocycles. The SMILES string of the molecule is CCC(C)[C@H](N)C(=O)NCCc1ccccc1.Cl. The topological polar surface area (TPSA) is 55.1 Å². The van der Waals surface area contributed by atoms with Gasteiger partial charge in [-0.2, -0.15) is 0 Å². The van der Waals surface area contributed by atoms with Crippen LogP contribution in [0.25, 0.3) is 0 Å². The molecule has 1 rings (SSSR count). The fraction of sp³-hybridized carbons (Fsp3) is 0.500. The lowest BCUT2D eigenvalue weighted by Gasteiger charge is -2.17. The van der Waals surface area contributed by atoms with E-state index < -0.39 is 6.04 Å². The maximum Gasteiger partial charge on any atom is 0.237 e. The first kappa shape index (κ1) is 16.9. The molecule has 0 fully saturated rings. The van der Waals surface area contributed by atoms with Gasteiger partial charge in [0.05, 0.1) is 6.04 Å². The van der Waals surface area contributed by atoms with E-state index in [1.165, 1.54) is 5.56 Å². The zero-order chi connectivity index (χ0) is 12.7. The first-order valence-corrected chi connectivity index (χ1v) is 6.22. The van der Waals surface area contributed by atoms with Gasteiger partial charge in [0, 0.05) is 6.54 Å². The maximum absolute atomic E-state index is 11.7. The second-order valence-corrected chi connectivity index (χ2v) is 4.44. The standard InChI is InChI=1S/C14H22N2O.ClH/c1-3-11(2)13(15)14(17)16-10-9-12-7-5-4-6-8-12;/h4-8,11,13H,3,9-10,15H2,1-2H3,(H,16,17);1H/t11?,13-;/m0./s1. The van der Waals surface area contributed by atoms with Gasteiger partial charge in [-0.05, 0) is 17.9 Å². The number of benzene rings is 1. The molecule has 0 heterocycles. The number of nitrogens with two attached hydrogens (primary N) is 1. The Morgan fingerprint density at radius 1 is 1.33 bits per heavy atom. The number of carbonyl (C=O) groups is 1. The molecule has 4 heteroatoms. The van der Waals surface area contributed by atoms with Crippen LogP contribution in [0, 0.1) is 5.92 Å². The fourth-order valence-electron chi connectivity index (χ4n) is 1.60. The van der Waals surface area contributed by atoms with Crippen LogP contribution in [0.5, 0.6) is 0 Å². The van der Waals surface area contributed by atoms with E-state index in [1.807, 2.05) is 32.0 Å². The molecule has 3 nitrogen and oxygen atoms in total. The molecule has 2 atom stereocenters. The number of amides is 1. The van der Waals surface area contributed by atoms with E-state index in [-0.39, 0.29) is 24.2 Å². The molecule has 1 aromatic rings. The highest BCUT2D eigenvalue weighted by atomic mass is 35.5. The molecule has 1 amide bonds. The zero-order valence-corrected chi connectivity index (χ0v) is 11.9. The van der Waals surface area contributed by atoms with Crippen molar-refractivity contribution in [3.63, 3.8) is 0 Å². The average Bonchev–Trinajstić information content (AvgIpc) is 2.38. The Morgan fingerprint density at radius 3 is 2.50 bits per heavy atom. The summed E-state index contributed by atoms with van der Waals surface area (Å²) in [7, 11) is 0. The number of hydrogen-bond donors (Lipinski definition) is 2. The molecule has 3 N–H and O–H groups in total. The van der Waals surface area contributed by atoms with Gasteiger partial charge < -0.3 is 11.1 Å². The minimum atomic E-state index is -0.393. The third-order valence-electron chi connectivity index (χ3n) is 3.12. The minimum absolute atomic E-state index is 0. The van der Waals surface area contributed by atoms with Gasteiger partial charge in [-0.1, -0.05) is 50.6 Å². The Hall–Kier alpha value is -1.06. The van der Waals surface area contributed by atoms with Crippen LogP contribution >= 0.6 is 12.4 Å². The van der Waals surface area contributed by atoms with E-state index in [0.717, 1.165) is 12.8 Å². The Morgan fingerprint density at radius 2 is 1.94 bits per heavy atom. The number of rotatable bonds is 6. The van der Waals surface area contributed by atoms with Gasteiger partial charge in [-0.3, -0.25) is 4.79 Å². The molecule has 102 valence electrons. The summed E-state index contributed by atoms with van der Waals surface area (Å²) in [4.78, 5) is 11.7. The van der Waals surface area contributed by atoms with E-state index >= 15 is 0 Å². The summed E-state index contributed by atoms with van der Waals surface area (Å²) in [6.07, 6.45) is 1.77. The third kappa shape index (κ3) is 5.52. The van der Waals surface area contributed by atoms with Crippen molar-refractivity contribution in [2.45, 2.75) is 32.7 Å². The second-order valence-electron chi connectivity index (χ2n) is 4.44. The molecule has 0 saturated carbocycles. The van der Waals surface area contributed by atoms with Crippen LogP contribution < -0.4 is 11.1 Å². The molecule has 0 aliphatic heterocycles. The van der Waals surface area contributed by atoms with Crippen LogP contribution in [0.3, 0.4) is 0 Å². The number of nitrogens with one attached hydrogen (secondary N) is 1. The normalized spacial score (nSPS) is 13.3. The maximum atomic E-state index is 11.7. The zero-order valence-electron chi connectivity index (χ0n) is 11.1. The van der Waals surface area contributed by atoms with E-state index in [2.05, 4.69) is 17.4 Å². The predicted octanol–water partition coefficient (Wildman–Crippen LogP) is 2.14. The van der Waals surface area contributed by atoms with Gasteiger partial charge in [0.2, 0.25) is 5.91 Å². The molecule has 1 unspecified atom stereocenters. The van der Waals surface area contributed by atoms with Crippen LogP contribution in [0.15, 0.2) is 30.3 Å². The number of carbonyl (C=O) groups excluding carboxylic acids is 1. The van der Waals surface area contributed by atoms with Crippen LogP contribution in [0.4, 0.5) is 0 Å². The van der Waals surface area contributed by atoms with Gasteiger partial charge in [0.25, 0.3) is 0 Å². The summed E-state index contributed by atoms with van der Waals surface area (Å²) in [5, 5.41) is 2.88. The summed E-state index contributed by atoms with van der Waals surface area (Å²) in [5.41, 5.74) is 7.07. The lowest BCUT2D eigenvalue weighted by atomic mass is 9.99. The van der Waals surface area contributed by atoms with E-state index in [1.54, 1.807) is 0 Å². The van der Waals surface area contributed by atoms with Crippen LogP contribution in [0.1, 0.15) is 25.8 Å². The Balaban J connectivity index is 0.00000289. The summed E-state index contributed by atoms with van der Waals surface area (Å²) in [6, 6.07) is 9.71. The van der Waals surface area contributed by atoms with Gasteiger partial charge in [-0.25, -0.2) is 0 Å². The molecule has 0 aromatic heterocycles. The molecule has 1 aromatic carbocycles. The number of halogens is 1. The lowest BCUT2D eigenvalue weighted by molar-refractivity contribution is -0.123. The molecule has 0 bridgehead atoms. The van der Waals surface area contributed by atoms with Crippen molar-refractivity contribution in [2.24, 2.45) is 11.7 Å². The quantitative estimate of drug-likeness (QED) is 0.832. The smallest absolute Gasteiger partial charge is 0.237 e. The molecular weight excluding hydrogens is 248 g/mol. The van der Waals surface area contributed by atoms with Crippen molar-refractivity contribution in [1.29, 1.82) is 0 Å². The highest BCUT2D eigenvalue weighted by Gasteiger charge is 2.18. The molecule has 0 radical (unpaired) electrons. The van der Waals surface area contributed by atoms with E-state index in [4.69, 9.17) is 5.73 Å². The van der Waals surface area contributed by atoms with E-state index in [9.17, 15) is 4.79 Å². The van der Waals surface area contributed by atoms with Crippen LogP contribution in [0.2, 0.25) is 0 Å². The molecule has 0 aliphatic rings. The van der Waals surface area contributed by atoms with Gasteiger partial charge in [0.15, 0.2) is 0 Å². The monoisotopic (exact) mass is 270 g/mol. The first-order valence-electron chi connectivity index (χ1n) is 6.22. The molecule has 0 saturated heterocycles. The summed E-state index contributed by atoms with van der Waals surface area (Å²) in [5.74, 6) is 0.182. The number of hydrogen-bond acceptors (Lipinski definition) is 2. The highest BCUT2D eigenvalue weighted by Crippen LogP contribution is 2.05. The fourth-order valence-corrected chi connectivity index (χ4v) is 1.60. The molecule has 18 heavy (non-hydrogen) atoms. The highest BCUT2D eigenvalue weighted by molar-refractivity contribution is 5.85. The molecule has 0 spiro atoms.